The van der Waals surface area contributed by atoms with Crippen LogP contribution in [0.2, 0.25) is 0 Å². The van der Waals surface area contributed by atoms with E-state index in [1.54, 1.807) is 19.1 Å². The minimum atomic E-state index is -4.14. The molecule has 1 heterocycles. The lowest BCUT2D eigenvalue weighted by molar-refractivity contribution is -0.116. The zero-order chi connectivity index (χ0) is 25.0. The quantitative estimate of drug-likeness (QED) is 0.430. The summed E-state index contributed by atoms with van der Waals surface area (Å²) in [6, 6.07) is 8.99. The summed E-state index contributed by atoms with van der Waals surface area (Å²) in [6.45, 7) is 9.59. The summed E-state index contributed by atoms with van der Waals surface area (Å²) >= 11 is 0. The van der Waals surface area contributed by atoms with Crippen LogP contribution in [-0.2, 0) is 14.8 Å². The van der Waals surface area contributed by atoms with Gasteiger partial charge >= 0.3 is 0 Å². The van der Waals surface area contributed by atoms with Crippen molar-refractivity contribution in [2.75, 3.05) is 38.2 Å². The van der Waals surface area contributed by atoms with Crippen LogP contribution in [0.1, 0.15) is 23.6 Å². The molecule has 9 heteroatoms. The first kappa shape index (κ1) is 25.2. The third kappa shape index (κ3) is 4.75. The molecule has 0 bridgehead atoms. The van der Waals surface area contributed by atoms with Gasteiger partial charge in [0.15, 0.2) is 16.4 Å². The highest BCUT2D eigenvalue weighted by Gasteiger charge is 2.39. The van der Waals surface area contributed by atoms with E-state index in [-0.39, 0.29) is 24.6 Å². The number of carbonyl (C=O) groups is 1. The maximum Gasteiger partial charge on any atom is 0.270 e. The monoisotopic (exact) mass is 486 g/mol. The van der Waals surface area contributed by atoms with E-state index in [9.17, 15) is 13.2 Å². The predicted octanol–water partition coefficient (Wildman–Crippen LogP) is 3.58. The van der Waals surface area contributed by atoms with Crippen LogP contribution in [0, 0.1) is 13.8 Å². The van der Waals surface area contributed by atoms with Crippen molar-refractivity contribution in [1.29, 1.82) is 0 Å². The Bertz CT molecular complexity index is 1250. The van der Waals surface area contributed by atoms with E-state index < -0.39 is 15.9 Å². The lowest BCUT2D eigenvalue weighted by Crippen LogP contribution is -2.42. The number of rotatable bonds is 9. The third-order valence-corrected chi connectivity index (χ3v) is 7.63. The molecular formula is C25H30N2O6S. The number of nitrogens with zero attached hydrogens (tertiary/aromatic N) is 1. The fraction of sp³-hybridized carbons (Fsp3) is 0.320. The highest BCUT2D eigenvalue weighted by molar-refractivity contribution is 7.97. The number of amides is 1. The van der Waals surface area contributed by atoms with Gasteiger partial charge in [-0.25, -0.2) is 8.42 Å². The second-order valence-corrected chi connectivity index (χ2v) is 9.65. The van der Waals surface area contributed by atoms with Crippen molar-refractivity contribution in [3.05, 3.63) is 64.6 Å². The van der Waals surface area contributed by atoms with Crippen LogP contribution < -0.4 is 23.8 Å². The van der Waals surface area contributed by atoms with Gasteiger partial charge in [-0.1, -0.05) is 12.1 Å². The normalized spacial score (nSPS) is 14.3. The minimum absolute atomic E-state index is 0.00916. The average molecular weight is 487 g/mol. The smallest absolute Gasteiger partial charge is 0.270 e. The molecule has 0 aromatic heterocycles. The molecule has 1 N–H and O–H groups in total. The SMILES string of the molecule is C=CCN1c2cc(OC)c(OC)cc2C(C)=C(C(=O)NCCOc2ccc(C)c(C)c2)S1(=O)=O. The molecule has 182 valence electrons. The maximum absolute atomic E-state index is 13.5. The van der Waals surface area contributed by atoms with Crippen LogP contribution >= 0.6 is 0 Å². The van der Waals surface area contributed by atoms with E-state index in [2.05, 4.69) is 11.9 Å². The number of ether oxygens (including phenoxy) is 3. The Morgan fingerprint density at radius 1 is 1.06 bits per heavy atom. The summed E-state index contributed by atoms with van der Waals surface area (Å²) in [4.78, 5) is 12.7. The molecule has 0 aliphatic carbocycles. The molecule has 0 spiro atoms. The summed E-state index contributed by atoms with van der Waals surface area (Å²) < 4.78 is 44.5. The Balaban J connectivity index is 1.88. The van der Waals surface area contributed by atoms with Crippen molar-refractivity contribution in [2.45, 2.75) is 20.8 Å². The van der Waals surface area contributed by atoms with Crippen LogP contribution in [0.5, 0.6) is 17.2 Å². The Hall–Kier alpha value is -3.46. The van der Waals surface area contributed by atoms with Crippen molar-refractivity contribution >= 4 is 27.2 Å². The van der Waals surface area contributed by atoms with E-state index in [0.717, 1.165) is 15.4 Å². The predicted molar refractivity (Wildman–Crippen MR) is 133 cm³/mol. The zero-order valence-corrected chi connectivity index (χ0v) is 20.9. The van der Waals surface area contributed by atoms with E-state index in [0.29, 0.717) is 34.1 Å². The number of allylic oxidation sites excluding steroid dienone is 1. The molecule has 34 heavy (non-hydrogen) atoms. The molecular weight excluding hydrogens is 456 g/mol. The second-order valence-electron chi connectivity index (χ2n) is 7.85. The van der Waals surface area contributed by atoms with Gasteiger partial charge in [0.25, 0.3) is 15.9 Å². The summed E-state index contributed by atoms with van der Waals surface area (Å²) in [6.07, 6.45) is 1.46. The molecule has 0 atom stereocenters. The maximum atomic E-state index is 13.5. The molecule has 0 radical (unpaired) electrons. The Kier molecular flexibility index (Phi) is 7.56. The number of methoxy groups -OCH3 is 2. The van der Waals surface area contributed by atoms with Gasteiger partial charge in [0.05, 0.1) is 33.0 Å². The number of hydrogen-bond acceptors (Lipinski definition) is 6. The van der Waals surface area contributed by atoms with E-state index in [1.807, 2.05) is 32.0 Å². The van der Waals surface area contributed by atoms with Crippen molar-refractivity contribution in [3.63, 3.8) is 0 Å². The number of anilines is 1. The summed E-state index contributed by atoms with van der Waals surface area (Å²) in [5.74, 6) is 0.801. The van der Waals surface area contributed by atoms with E-state index in [1.165, 1.54) is 20.3 Å². The molecule has 2 aromatic carbocycles. The number of carbonyl (C=O) groups excluding carboxylic acids is 1. The van der Waals surface area contributed by atoms with Gasteiger partial charge in [0.1, 0.15) is 12.4 Å². The molecule has 2 aromatic rings. The van der Waals surface area contributed by atoms with Crippen LogP contribution in [0.4, 0.5) is 5.69 Å². The van der Waals surface area contributed by atoms with Crippen LogP contribution in [0.15, 0.2) is 47.9 Å². The molecule has 0 saturated heterocycles. The number of fused-ring (bicyclic) bond motifs is 1. The van der Waals surface area contributed by atoms with Crippen LogP contribution in [0.3, 0.4) is 0 Å². The Labute approximate surface area is 200 Å². The van der Waals surface area contributed by atoms with Crippen molar-refractivity contribution in [1.82, 2.24) is 5.32 Å². The first-order chi connectivity index (χ1) is 16.1. The van der Waals surface area contributed by atoms with Gasteiger partial charge in [-0.05, 0) is 55.7 Å². The van der Waals surface area contributed by atoms with Gasteiger partial charge in [-0.2, -0.15) is 0 Å². The topological polar surface area (TPSA) is 94.2 Å². The number of sulfonamides is 1. The second kappa shape index (κ2) is 10.2. The third-order valence-electron chi connectivity index (χ3n) is 5.70. The van der Waals surface area contributed by atoms with Gasteiger partial charge < -0.3 is 19.5 Å². The van der Waals surface area contributed by atoms with Crippen molar-refractivity contribution in [3.8, 4) is 17.2 Å². The molecule has 8 nitrogen and oxygen atoms in total. The van der Waals surface area contributed by atoms with Gasteiger partial charge in [0.2, 0.25) is 0 Å². The molecule has 1 aliphatic rings. The number of hydrogen-bond donors (Lipinski definition) is 1. The molecule has 1 amide bonds. The lowest BCUT2D eigenvalue weighted by Gasteiger charge is -2.32. The fourth-order valence-corrected chi connectivity index (χ4v) is 5.48. The highest BCUT2D eigenvalue weighted by Crippen LogP contribution is 2.44. The number of nitrogens with one attached hydrogen (secondary N) is 1. The molecule has 0 unspecified atom stereocenters. The molecule has 0 fully saturated rings. The minimum Gasteiger partial charge on any atom is -0.493 e. The first-order valence-electron chi connectivity index (χ1n) is 10.7. The Morgan fingerprint density at radius 2 is 1.74 bits per heavy atom. The molecule has 3 rings (SSSR count). The summed E-state index contributed by atoms with van der Waals surface area (Å²) in [7, 11) is -1.17. The Morgan fingerprint density at radius 3 is 2.35 bits per heavy atom. The number of aryl methyl sites for hydroxylation is 2. The van der Waals surface area contributed by atoms with Crippen LogP contribution in [-0.4, -0.2) is 48.2 Å². The van der Waals surface area contributed by atoms with Gasteiger partial charge in [0, 0.05) is 11.6 Å². The van der Waals surface area contributed by atoms with Crippen molar-refractivity contribution < 1.29 is 27.4 Å². The summed E-state index contributed by atoms with van der Waals surface area (Å²) in [5, 5.41) is 2.67. The van der Waals surface area contributed by atoms with Crippen LogP contribution in [0.25, 0.3) is 5.57 Å². The standard InChI is InChI=1S/C25H30N2O6S/c1-7-11-27-21-15-23(32-6)22(31-5)14-20(21)18(4)24(34(27,29)30)25(28)26-10-12-33-19-9-8-16(2)17(3)13-19/h7-9,13-15H,1,10-12H2,2-6H3,(H,26,28). The first-order valence-corrected chi connectivity index (χ1v) is 12.2. The summed E-state index contributed by atoms with van der Waals surface area (Å²) in [5.41, 5.74) is 3.53. The molecule has 1 aliphatic heterocycles. The van der Waals surface area contributed by atoms with E-state index in [4.69, 9.17) is 14.2 Å². The van der Waals surface area contributed by atoms with Crippen molar-refractivity contribution in [2.24, 2.45) is 0 Å². The lowest BCUT2D eigenvalue weighted by atomic mass is 10.0. The fourth-order valence-electron chi connectivity index (χ4n) is 3.75. The van der Waals surface area contributed by atoms with Gasteiger partial charge in [-0.15, -0.1) is 6.58 Å². The zero-order valence-electron chi connectivity index (χ0n) is 20.1. The van der Waals surface area contributed by atoms with Gasteiger partial charge in [-0.3, -0.25) is 9.10 Å². The average Bonchev–Trinajstić information content (AvgIpc) is 2.80. The molecule has 0 saturated carbocycles. The highest BCUT2D eigenvalue weighted by atomic mass is 32.2. The largest absolute Gasteiger partial charge is 0.493 e. The number of benzene rings is 2. The van der Waals surface area contributed by atoms with E-state index >= 15 is 0 Å².